The van der Waals surface area contributed by atoms with Gasteiger partial charge in [0.2, 0.25) is 11.8 Å². The number of rotatable bonds is 7. The van der Waals surface area contributed by atoms with Gasteiger partial charge in [-0.2, -0.15) is 0 Å². The molecule has 0 aromatic heterocycles. The van der Waals surface area contributed by atoms with E-state index >= 15 is 0 Å². The molecule has 0 aliphatic rings. The number of benzene rings is 2. The molecule has 0 fully saturated rings. The van der Waals surface area contributed by atoms with Crippen molar-refractivity contribution in [3.63, 3.8) is 0 Å². The van der Waals surface area contributed by atoms with Gasteiger partial charge in [-0.15, -0.1) is 0 Å². The quantitative estimate of drug-likeness (QED) is 0.823. The van der Waals surface area contributed by atoms with Gasteiger partial charge in [-0.3, -0.25) is 9.59 Å². The lowest BCUT2D eigenvalue weighted by molar-refractivity contribution is -0.121. The van der Waals surface area contributed by atoms with Crippen molar-refractivity contribution in [3.05, 3.63) is 65.5 Å². The number of para-hydroxylation sites is 1. The molecule has 2 aromatic carbocycles. The first-order chi connectivity index (χ1) is 12.4. The fourth-order valence-electron chi connectivity index (χ4n) is 2.87. The molecule has 0 aliphatic carbocycles. The molecule has 0 aliphatic heterocycles. The third kappa shape index (κ3) is 5.41. The molecule has 0 radical (unpaired) electrons. The molecule has 0 bridgehead atoms. The van der Waals surface area contributed by atoms with Crippen molar-refractivity contribution in [3.8, 4) is 0 Å². The Morgan fingerprint density at radius 3 is 2.50 bits per heavy atom. The van der Waals surface area contributed by atoms with Crippen molar-refractivity contribution in [1.82, 2.24) is 5.32 Å². The molecular weight excluding hydrogens is 331 g/mol. The standard InChI is InChI=1S/C21H25FN2O2/c1-15(2)19-9-4-5-10-20(19)24(16(3)25)12-11-23-21(26)14-17-7-6-8-18(22)13-17/h4-10,13,15H,11-12,14H2,1-3H3,(H,23,26). The molecule has 0 saturated heterocycles. The molecule has 0 atom stereocenters. The van der Waals surface area contributed by atoms with Crippen LogP contribution < -0.4 is 10.2 Å². The van der Waals surface area contributed by atoms with Crippen LogP contribution in [0.15, 0.2) is 48.5 Å². The van der Waals surface area contributed by atoms with Crippen LogP contribution in [0.3, 0.4) is 0 Å². The smallest absolute Gasteiger partial charge is 0.224 e. The highest BCUT2D eigenvalue weighted by atomic mass is 19.1. The molecular formula is C21H25FN2O2. The summed E-state index contributed by atoms with van der Waals surface area (Å²) in [6.45, 7) is 6.40. The highest BCUT2D eigenvalue weighted by Gasteiger charge is 2.16. The molecule has 2 rings (SSSR count). The summed E-state index contributed by atoms with van der Waals surface area (Å²) in [5.74, 6) is -0.340. The molecule has 2 aromatic rings. The Morgan fingerprint density at radius 2 is 1.85 bits per heavy atom. The second kappa shape index (κ2) is 9.13. The van der Waals surface area contributed by atoms with Gasteiger partial charge in [0, 0.05) is 25.7 Å². The SMILES string of the molecule is CC(=O)N(CCNC(=O)Cc1cccc(F)c1)c1ccccc1C(C)C. The number of hydrogen-bond donors (Lipinski definition) is 1. The van der Waals surface area contributed by atoms with Crippen LogP contribution in [-0.2, 0) is 16.0 Å². The highest BCUT2D eigenvalue weighted by Crippen LogP contribution is 2.27. The van der Waals surface area contributed by atoms with E-state index in [1.165, 1.54) is 19.1 Å². The summed E-state index contributed by atoms with van der Waals surface area (Å²) < 4.78 is 13.2. The topological polar surface area (TPSA) is 49.4 Å². The number of nitrogens with zero attached hydrogens (tertiary/aromatic N) is 1. The van der Waals surface area contributed by atoms with Crippen LogP contribution in [0, 0.1) is 5.82 Å². The summed E-state index contributed by atoms with van der Waals surface area (Å²) in [4.78, 5) is 25.8. The average molecular weight is 356 g/mol. The maximum Gasteiger partial charge on any atom is 0.224 e. The van der Waals surface area contributed by atoms with Gasteiger partial charge in [-0.05, 0) is 35.2 Å². The fraction of sp³-hybridized carbons (Fsp3) is 0.333. The van der Waals surface area contributed by atoms with E-state index in [0.29, 0.717) is 18.7 Å². The van der Waals surface area contributed by atoms with Crippen molar-refractivity contribution in [2.75, 3.05) is 18.0 Å². The van der Waals surface area contributed by atoms with Crippen LogP contribution in [0.2, 0.25) is 0 Å². The van der Waals surface area contributed by atoms with E-state index in [-0.39, 0.29) is 30.0 Å². The zero-order chi connectivity index (χ0) is 19.1. The number of carbonyl (C=O) groups excluding carboxylic acids is 2. The largest absolute Gasteiger partial charge is 0.354 e. The first-order valence-corrected chi connectivity index (χ1v) is 8.76. The van der Waals surface area contributed by atoms with Gasteiger partial charge in [-0.1, -0.05) is 44.2 Å². The summed E-state index contributed by atoms with van der Waals surface area (Å²) in [6.07, 6.45) is 0.112. The minimum Gasteiger partial charge on any atom is -0.354 e. The predicted molar refractivity (Wildman–Crippen MR) is 102 cm³/mol. The summed E-state index contributed by atoms with van der Waals surface area (Å²) in [5, 5.41) is 2.80. The monoisotopic (exact) mass is 356 g/mol. The zero-order valence-electron chi connectivity index (χ0n) is 15.5. The number of halogens is 1. The van der Waals surface area contributed by atoms with Gasteiger partial charge in [0.1, 0.15) is 5.82 Å². The maximum absolute atomic E-state index is 13.2. The van der Waals surface area contributed by atoms with E-state index < -0.39 is 0 Å². The first-order valence-electron chi connectivity index (χ1n) is 8.76. The average Bonchev–Trinajstić information content (AvgIpc) is 2.58. The molecule has 0 spiro atoms. The van der Waals surface area contributed by atoms with E-state index in [4.69, 9.17) is 0 Å². The van der Waals surface area contributed by atoms with Crippen LogP contribution in [0.4, 0.5) is 10.1 Å². The molecule has 1 N–H and O–H groups in total. The number of hydrogen-bond acceptors (Lipinski definition) is 2. The van der Waals surface area contributed by atoms with Gasteiger partial charge in [0.25, 0.3) is 0 Å². The van der Waals surface area contributed by atoms with Crippen molar-refractivity contribution in [2.24, 2.45) is 0 Å². The number of amides is 2. The predicted octanol–water partition coefficient (Wildman–Crippen LogP) is 3.66. The normalized spacial score (nSPS) is 10.7. The molecule has 0 heterocycles. The van der Waals surface area contributed by atoms with E-state index in [1.807, 2.05) is 24.3 Å². The number of anilines is 1. The Bertz CT molecular complexity index is 774. The van der Waals surface area contributed by atoms with Gasteiger partial charge in [-0.25, -0.2) is 4.39 Å². The van der Waals surface area contributed by atoms with Gasteiger partial charge in [0.05, 0.1) is 6.42 Å². The molecule has 2 amide bonds. The summed E-state index contributed by atoms with van der Waals surface area (Å²) >= 11 is 0. The third-order valence-corrected chi connectivity index (χ3v) is 4.14. The third-order valence-electron chi connectivity index (χ3n) is 4.14. The van der Waals surface area contributed by atoms with Gasteiger partial charge in [0.15, 0.2) is 0 Å². The van der Waals surface area contributed by atoms with Crippen molar-refractivity contribution in [2.45, 2.75) is 33.1 Å². The van der Waals surface area contributed by atoms with Crippen LogP contribution in [0.1, 0.15) is 37.8 Å². The second-order valence-electron chi connectivity index (χ2n) is 6.54. The summed E-state index contributed by atoms with van der Waals surface area (Å²) in [5.41, 5.74) is 2.58. The summed E-state index contributed by atoms with van der Waals surface area (Å²) in [6, 6.07) is 13.8. The number of nitrogens with one attached hydrogen (secondary N) is 1. The van der Waals surface area contributed by atoms with Crippen LogP contribution >= 0.6 is 0 Å². The zero-order valence-corrected chi connectivity index (χ0v) is 15.5. The van der Waals surface area contributed by atoms with Crippen LogP contribution in [0.5, 0.6) is 0 Å². The maximum atomic E-state index is 13.2. The minimum atomic E-state index is -0.358. The Morgan fingerprint density at radius 1 is 1.12 bits per heavy atom. The Balaban J connectivity index is 1.97. The van der Waals surface area contributed by atoms with Crippen LogP contribution in [0.25, 0.3) is 0 Å². The fourth-order valence-corrected chi connectivity index (χ4v) is 2.87. The van der Waals surface area contributed by atoms with Crippen molar-refractivity contribution >= 4 is 17.5 Å². The Kier molecular flexibility index (Phi) is 6.89. The Hall–Kier alpha value is -2.69. The van der Waals surface area contributed by atoms with E-state index in [2.05, 4.69) is 19.2 Å². The molecule has 138 valence electrons. The lowest BCUT2D eigenvalue weighted by Gasteiger charge is -2.25. The van der Waals surface area contributed by atoms with Crippen LogP contribution in [-0.4, -0.2) is 24.9 Å². The summed E-state index contributed by atoms with van der Waals surface area (Å²) in [7, 11) is 0. The van der Waals surface area contributed by atoms with E-state index in [0.717, 1.165) is 11.3 Å². The highest BCUT2D eigenvalue weighted by molar-refractivity contribution is 5.92. The molecule has 5 heteroatoms. The lowest BCUT2D eigenvalue weighted by Crippen LogP contribution is -2.38. The lowest BCUT2D eigenvalue weighted by atomic mass is 10.0. The van der Waals surface area contributed by atoms with Gasteiger partial charge < -0.3 is 10.2 Å². The molecule has 0 unspecified atom stereocenters. The molecule has 0 saturated carbocycles. The number of carbonyl (C=O) groups is 2. The van der Waals surface area contributed by atoms with Crippen molar-refractivity contribution in [1.29, 1.82) is 0 Å². The van der Waals surface area contributed by atoms with E-state index in [1.54, 1.807) is 17.0 Å². The molecule has 26 heavy (non-hydrogen) atoms. The minimum absolute atomic E-state index is 0.0718. The molecule has 4 nitrogen and oxygen atoms in total. The van der Waals surface area contributed by atoms with Crippen molar-refractivity contribution < 1.29 is 14.0 Å². The Labute approximate surface area is 154 Å². The van der Waals surface area contributed by atoms with E-state index in [9.17, 15) is 14.0 Å². The van der Waals surface area contributed by atoms with Gasteiger partial charge >= 0.3 is 0 Å². The first kappa shape index (κ1) is 19.6. The second-order valence-corrected chi connectivity index (χ2v) is 6.54.